The number of nitrogens with zero attached hydrogens (tertiary/aromatic N) is 1. The Morgan fingerprint density at radius 2 is 0.960 bits per heavy atom. The highest BCUT2D eigenvalue weighted by Crippen LogP contribution is 2.11. The van der Waals surface area contributed by atoms with Crippen LogP contribution < -0.4 is 0 Å². The Labute approximate surface area is 156 Å². The van der Waals surface area contributed by atoms with Crippen LogP contribution in [0.4, 0.5) is 0 Å². The Kier molecular flexibility index (Phi) is 18.4. The maximum Gasteiger partial charge on any atom is 0.134 e. The summed E-state index contributed by atoms with van der Waals surface area (Å²) in [5.41, 5.74) is 0. The van der Waals surface area contributed by atoms with Crippen molar-refractivity contribution in [2.75, 3.05) is 47.1 Å². The van der Waals surface area contributed by atoms with Gasteiger partial charge >= 0.3 is 0 Å². The molecule has 0 saturated carbocycles. The molecule has 5 heteroatoms. The SMILES string of the molecule is CCCCCCCCCCCCCCOCCOCCO[N+](C)(C)O. The molecule has 0 aliphatic heterocycles. The van der Waals surface area contributed by atoms with Crippen molar-refractivity contribution >= 4 is 0 Å². The molecule has 0 aromatic rings. The van der Waals surface area contributed by atoms with Crippen LogP contribution in [0.2, 0.25) is 0 Å². The number of hydroxylamine groups is 4. The zero-order chi connectivity index (χ0) is 18.6. The van der Waals surface area contributed by atoms with Crippen LogP contribution in [0.15, 0.2) is 0 Å². The molecule has 1 N–H and O–H groups in total. The van der Waals surface area contributed by atoms with Crippen molar-refractivity contribution in [1.82, 2.24) is 0 Å². The van der Waals surface area contributed by atoms with Crippen molar-refractivity contribution in [3.63, 3.8) is 0 Å². The predicted octanol–water partition coefficient (Wildman–Crippen LogP) is 5.12. The molecule has 0 radical (unpaired) electrons. The van der Waals surface area contributed by atoms with Gasteiger partial charge in [-0.25, -0.2) is 0 Å². The number of rotatable bonds is 20. The van der Waals surface area contributed by atoms with Crippen LogP contribution in [0.5, 0.6) is 0 Å². The maximum atomic E-state index is 9.30. The van der Waals surface area contributed by atoms with Crippen molar-refractivity contribution in [2.24, 2.45) is 0 Å². The van der Waals surface area contributed by atoms with Gasteiger partial charge in [-0.2, -0.15) is 10.0 Å². The van der Waals surface area contributed by atoms with E-state index in [1.165, 1.54) is 70.6 Å². The smallest absolute Gasteiger partial charge is 0.134 e. The zero-order valence-corrected chi connectivity index (χ0v) is 17.1. The quantitative estimate of drug-likeness (QED) is 0.185. The molecule has 0 aliphatic rings. The summed E-state index contributed by atoms with van der Waals surface area (Å²) in [6, 6.07) is 0. The van der Waals surface area contributed by atoms with Crippen LogP contribution in [-0.2, 0) is 14.3 Å². The van der Waals surface area contributed by atoms with Crippen LogP contribution in [0, 0.1) is 0 Å². The molecule has 0 unspecified atom stereocenters. The van der Waals surface area contributed by atoms with Gasteiger partial charge in [-0.1, -0.05) is 82.4 Å². The second-order valence-corrected chi connectivity index (χ2v) is 7.24. The van der Waals surface area contributed by atoms with E-state index in [9.17, 15) is 5.21 Å². The summed E-state index contributed by atoms with van der Waals surface area (Å²) in [6.45, 7) is 5.18. The predicted molar refractivity (Wildman–Crippen MR) is 103 cm³/mol. The van der Waals surface area contributed by atoms with E-state index in [0.717, 1.165) is 13.0 Å². The first-order valence-corrected chi connectivity index (χ1v) is 10.4. The van der Waals surface area contributed by atoms with E-state index in [0.29, 0.717) is 26.4 Å². The van der Waals surface area contributed by atoms with E-state index in [1.807, 2.05) is 0 Å². The third-order valence-electron chi connectivity index (χ3n) is 4.15. The first-order chi connectivity index (χ1) is 12.1. The summed E-state index contributed by atoms with van der Waals surface area (Å²) in [6.07, 6.45) is 16.4. The maximum absolute atomic E-state index is 9.30. The van der Waals surface area contributed by atoms with Crippen molar-refractivity contribution < 1.29 is 24.3 Å². The van der Waals surface area contributed by atoms with E-state index in [-0.39, 0.29) is 0 Å². The van der Waals surface area contributed by atoms with Crippen LogP contribution in [0.1, 0.15) is 84.0 Å². The van der Waals surface area contributed by atoms with E-state index < -0.39 is 4.81 Å². The summed E-state index contributed by atoms with van der Waals surface area (Å²) in [4.78, 5) is 4.60. The Balaban J connectivity index is 3.01. The van der Waals surface area contributed by atoms with Gasteiger partial charge in [0.2, 0.25) is 0 Å². The second kappa shape index (κ2) is 18.6. The number of quaternary nitrogens is 1. The van der Waals surface area contributed by atoms with Crippen molar-refractivity contribution in [2.45, 2.75) is 84.0 Å². The van der Waals surface area contributed by atoms with Crippen molar-refractivity contribution in [1.29, 1.82) is 0 Å². The molecular formula is C20H44NO4+. The number of unbranched alkanes of at least 4 members (excludes halogenated alkanes) is 11. The molecular weight excluding hydrogens is 318 g/mol. The number of ether oxygens (including phenoxy) is 2. The summed E-state index contributed by atoms with van der Waals surface area (Å²) in [7, 11) is 3.11. The Hall–Kier alpha value is -0.200. The largest absolute Gasteiger partial charge is 0.379 e. The highest BCUT2D eigenvalue weighted by Gasteiger charge is 2.10. The minimum absolute atomic E-state index is 0.377. The Morgan fingerprint density at radius 1 is 0.560 bits per heavy atom. The molecule has 25 heavy (non-hydrogen) atoms. The average molecular weight is 363 g/mol. The number of hydrogen-bond acceptors (Lipinski definition) is 4. The molecule has 5 nitrogen and oxygen atoms in total. The molecule has 0 amide bonds. The fourth-order valence-corrected chi connectivity index (χ4v) is 2.69. The molecule has 0 aromatic heterocycles. The molecule has 0 atom stereocenters. The highest BCUT2D eigenvalue weighted by atomic mass is 16.9. The van der Waals surface area contributed by atoms with Gasteiger partial charge < -0.3 is 9.47 Å². The first kappa shape index (κ1) is 24.8. The molecule has 0 rings (SSSR count). The molecule has 0 bridgehead atoms. The van der Waals surface area contributed by atoms with Crippen LogP contribution >= 0.6 is 0 Å². The Bertz CT molecular complexity index is 257. The molecule has 0 fully saturated rings. The monoisotopic (exact) mass is 362 g/mol. The molecule has 0 aromatic carbocycles. The van der Waals surface area contributed by atoms with Crippen molar-refractivity contribution in [3.05, 3.63) is 0 Å². The topological polar surface area (TPSA) is 47.9 Å². The van der Waals surface area contributed by atoms with Gasteiger partial charge in [0, 0.05) is 6.61 Å². The molecule has 152 valence electrons. The zero-order valence-electron chi connectivity index (χ0n) is 17.1. The van der Waals surface area contributed by atoms with Crippen molar-refractivity contribution in [3.8, 4) is 0 Å². The summed E-state index contributed by atoms with van der Waals surface area (Å²) in [5.74, 6) is 0. The van der Waals surface area contributed by atoms with Crippen LogP contribution in [0.25, 0.3) is 0 Å². The third-order valence-corrected chi connectivity index (χ3v) is 4.15. The summed E-state index contributed by atoms with van der Waals surface area (Å²) >= 11 is 0. The molecule has 0 aliphatic carbocycles. The lowest BCUT2D eigenvalue weighted by Gasteiger charge is -2.16. The highest BCUT2D eigenvalue weighted by molar-refractivity contribution is 4.48. The average Bonchev–Trinajstić information content (AvgIpc) is 2.56. The van der Waals surface area contributed by atoms with Gasteiger partial charge in [0.15, 0.2) is 0 Å². The van der Waals surface area contributed by atoms with Gasteiger partial charge in [-0.05, 0) is 6.42 Å². The third kappa shape index (κ3) is 23.8. The standard InChI is InChI=1S/C20H44NO4/c1-4-5-6-7-8-9-10-11-12-13-14-15-16-23-17-18-24-19-20-25-21(2,3)22/h22H,4-20H2,1-3H3/q+1. The normalized spacial score (nSPS) is 12.0. The van der Waals surface area contributed by atoms with Gasteiger partial charge in [-0.3, -0.25) is 0 Å². The molecule has 0 spiro atoms. The van der Waals surface area contributed by atoms with Gasteiger partial charge in [0.05, 0.1) is 19.8 Å². The number of hydrogen-bond donors (Lipinski definition) is 1. The van der Waals surface area contributed by atoms with E-state index in [2.05, 4.69) is 6.92 Å². The lowest BCUT2D eigenvalue weighted by atomic mass is 10.1. The summed E-state index contributed by atoms with van der Waals surface area (Å²) in [5, 5.41) is 9.30. The van der Waals surface area contributed by atoms with E-state index in [1.54, 1.807) is 14.1 Å². The molecule has 0 heterocycles. The Morgan fingerprint density at radius 3 is 1.44 bits per heavy atom. The lowest BCUT2D eigenvalue weighted by molar-refractivity contribution is -1.22. The minimum Gasteiger partial charge on any atom is -0.379 e. The minimum atomic E-state index is -0.487. The fraction of sp³-hybridized carbons (Fsp3) is 1.00. The van der Waals surface area contributed by atoms with Gasteiger partial charge in [0.1, 0.15) is 20.7 Å². The second-order valence-electron chi connectivity index (χ2n) is 7.24. The van der Waals surface area contributed by atoms with E-state index in [4.69, 9.17) is 14.3 Å². The van der Waals surface area contributed by atoms with E-state index >= 15 is 0 Å². The van der Waals surface area contributed by atoms with Gasteiger partial charge in [-0.15, -0.1) is 0 Å². The lowest BCUT2D eigenvalue weighted by Crippen LogP contribution is -2.36. The van der Waals surface area contributed by atoms with Crippen LogP contribution in [0.3, 0.4) is 0 Å². The molecule has 0 saturated heterocycles. The summed E-state index contributed by atoms with van der Waals surface area (Å²) < 4.78 is 10.9. The first-order valence-electron chi connectivity index (χ1n) is 10.4. The van der Waals surface area contributed by atoms with Gasteiger partial charge in [0.25, 0.3) is 0 Å². The van der Waals surface area contributed by atoms with Crippen LogP contribution in [-0.4, -0.2) is 57.1 Å². The fourth-order valence-electron chi connectivity index (χ4n) is 2.69.